The van der Waals surface area contributed by atoms with Gasteiger partial charge in [0.25, 0.3) is 5.91 Å². The molecular formula is C35H43N5O6S. The van der Waals surface area contributed by atoms with Crippen molar-refractivity contribution in [3.8, 4) is 0 Å². The Labute approximate surface area is 280 Å². The molecule has 0 bridgehead atoms. The number of amides is 3. The highest BCUT2D eigenvalue weighted by Crippen LogP contribution is 2.34. The van der Waals surface area contributed by atoms with Crippen LogP contribution in [0.4, 0.5) is 10.5 Å². The Morgan fingerprint density at radius 3 is 2.36 bits per heavy atom. The molecule has 1 aliphatic heterocycles. The molecule has 0 fully saturated rings. The minimum absolute atomic E-state index is 0.00167. The van der Waals surface area contributed by atoms with Gasteiger partial charge in [0.15, 0.2) is 0 Å². The lowest BCUT2D eigenvalue weighted by atomic mass is 10.1. The van der Waals surface area contributed by atoms with Crippen LogP contribution < -0.4 is 21.4 Å². The largest absolute Gasteiger partial charge is 0.445 e. The lowest BCUT2D eigenvalue weighted by molar-refractivity contribution is -0.158. The zero-order valence-corrected chi connectivity index (χ0v) is 27.8. The first-order chi connectivity index (χ1) is 22.5. The first kappa shape index (κ1) is 35.3. The van der Waals surface area contributed by atoms with Gasteiger partial charge in [0, 0.05) is 29.0 Å². The number of anilines is 1. The van der Waals surface area contributed by atoms with Crippen LogP contribution in [0.1, 0.15) is 52.0 Å². The molecule has 3 amide bonds. The van der Waals surface area contributed by atoms with E-state index in [2.05, 4.69) is 37.3 Å². The number of nitrogens with two attached hydrogens (primary N) is 1. The second-order valence-electron chi connectivity index (χ2n) is 12.0. The van der Waals surface area contributed by atoms with Crippen molar-refractivity contribution in [2.24, 2.45) is 11.7 Å². The van der Waals surface area contributed by atoms with E-state index in [1.54, 1.807) is 13.1 Å². The van der Waals surface area contributed by atoms with E-state index in [0.29, 0.717) is 11.6 Å². The molecule has 0 aromatic heterocycles. The fraction of sp³-hybridized carbons (Fsp3) is 0.371. The highest BCUT2D eigenvalue weighted by Gasteiger charge is 2.33. The summed E-state index contributed by atoms with van der Waals surface area (Å²) in [4.78, 5) is 60.5. The standard InChI is InChI=1S/C35H43N5O6S/c1-23(2)16-17-28(47)19-32(41)46-38-33(42)30(37-35(44)45-21-25-10-5-4-6-11-25)18-27-20-39(34(43)24(3)36)22-40(27)31-15-9-13-26-12-7-8-14-29(26)31/h4-15,20,23-24,28,30,47H,16-19,21-22,36H2,1-3H3,(H,37,44)(H,38,42)/t24-,28-,30-/m0/s1. The van der Waals surface area contributed by atoms with E-state index in [4.69, 9.17) is 15.3 Å². The van der Waals surface area contributed by atoms with Gasteiger partial charge in [-0.25, -0.2) is 9.59 Å². The van der Waals surface area contributed by atoms with Crippen molar-refractivity contribution in [1.82, 2.24) is 15.7 Å². The third-order valence-electron chi connectivity index (χ3n) is 7.65. The SMILES string of the molecule is CC(C)CC[C@H](S)CC(=O)ONC(=O)[C@H](CC1=CN(C(=O)[C@H](C)N)CN1c1cccc2ccccc12)NC(=O)OCc1ccccc1. The van der Waals surface area contributed by atoms with Gasteiger partial charge in [-0.05, 0) is 42.7 Å². The van der Waals surface area contributed by atoms with E-state index in [9.17, 15) is 19.2 Å². The van der Waals surface area contributed by atoms with Gasteiger partial charge in [0.05, 0.1) is 18.2 Å². The number of rotatable bonds is 13. The number of nitrogens with zero attached hydrogens (tertiary/aromatic N) is 2. The van der Waals surface area contributed by atoms with Gasteiger partial charge in [0.2, 0.25) is 5.91 Å². The molecule has 11 nitrogen and oxygen atoms in total. The van der Waals surface area contributed by atoms with Crippen molar-refractivity contribution in [3.63, 3.8) is 0 Å². The number of ether oxygens (including phenoxy) is 1. The molecule has 12 heteroatoms. The molecule has 3 atom stereocenters. The second-order valence-corrected chi connectivity index (χ2v) is 12.7. The third-order valence-corrected chi connectivity index (χ3v) is 8.10. The number of thiol groups is 1. The molecule has 47 heavy (non-hydrogen) atoms. The predicted octanol–water partition coefficient (Wildman–Crippen LogP) is 5.02. The first-order valence-electron chi connectivity index (χ1n) is 15.7. The molecule has 0 saturated carbocycles. The van der Waals surface area contributed by atoms with E-state index in [1.165, 1.54) is 4.90 Å². The van der Waals surface area contributed by atoms with Crippen molar-refractivity contribution >= 4 is 53.0 Å². The monoisotopic (exact) mass is 661 g/mol. The van der Waals surface area contributed by atoms with Crippen LogP contribution in [-0.4, -0.2) is 52.8 Å². The predicted molar refractivity (Wildman–Crippen MR) is 184 cm³/mol. The van der Waals surface area contributed by atoms with Crippen LogP contribution >= 0.6 is 12.6 Å². The molecular weight excluding hydrogens is 618 g/mol. The summed E-state index contributed by atoms with van der Waals surface area (Å²) >= 11 is 4.47. The Bertz CT molecular complexity index is 1580. The highest BCUT2D eigenvalue weighted by atomic mass is 32.1. The van der Waals surface area contributed by atoms with Crippen molar-refractivity contribution in [3.05, 3.63) is 90.3 Å². The molecule has 1 aliphatic rings. The van der Waals surface area contributed by atoms with Crippen LogP contribution in [0.5, 0.6) is 0 Å². The smallest absolute Gasteiger partial charge is 0.408 e. The maximum absolute atomic E-state index is 13.5. The van der Waals surface area contributed by atoms with Crippen LogP contribution in [0.3, 0.4) is 0 Å². The van der Waals surface area contributed by atoms with Gasteiger partial charge in [-0.2, -0.15) is 18.1 Å². The fourth-order valence-electron chi connectivity index (χ4n) is 5.13. The number of benzene rings is 3. The van der Waals surface area contributed by atoms with Gasteiger partial charge in [-0.1, -0.05) is 80.6 Å². The maximum atomic E-state index is 13.5. The zero-order valence-electron chi connectivity index (χ0n) is 26.9. The number of hydroxylamine groups is 1. The van der Waals surface area contributed by atoms with Crippen LogP contribution in [0.2, 0.25) is 0 Å². The van der Waals surface area contributed by atoms with Crippen LogP contribution in [-0.2, 0) is 30.6 Å². The van der Waals surface area contributed by atoms with E-state index in [0.717, 1.165) is 34.9 Å². The molecule has 0 aliphatic carbocycles. The van der Waals surface area contributed by atoms with E-state index in [1.807, 2.05) is 77.7 Å². The summed E-state index contributed by atoms with van der Waals surface area (Å²) in [5.41, 5.74) is 10.3. The minimum atomic E-state index is -1.24. The lowest BCUT2D eigenvalue weighted by Gasteiger charge is -2.27. The van der Waals surface area contributed by atoms with Crippen LogP contribution in [0.25, 0.3) is 10.8 Å². The maximum Gasteiger partial charge on any atom is 0.408 e. The van der Waals surface area contributed by atoms with Crippen molar-refractivity contribution in [2.45, 2.75) is 70.4 Å². The molecule has 0 unspecified atom stereocenters. The summed E-state index contributed by atoms with van der Waals surface area (Å²) in [6, 6.07) is 20.7. The number of carbonyl (C=O) groups excluding carboxylic acids is 4. The number of nitrogens with one attached hydrogen (secondary N) is 2. The van der Waals surface area contributed by atoms with E-state index < -0.39 is 30.1 Å². The van der Waals surface area contributed by atoms with Crippen molar-refractivity contribution < 1.29 is 28.8 Å². The fourth-order valence-corrected chi connectivity index (χ4v) is 5.43. The van der Waals surface area contributed by atoms with Gasteiger partial charge in [-0.3, -0.25) is 14.5 Å². The number of hydrogen-bond donors (Lipinski definition) is 4. The number of hydrogen-bond acceptors (Lipinski definition) is 9. The molecule has 250 valence electrons. The van der Waals surface area contributed by atoms with Crippen LogP contribution in [0.15, 0.2) is 84.7 Å². The Morgan fingerprint density at radius 1 is 0.936 bits per heavy atom. The van der Waals surface area contributed by atoms with Crippen LogP contribution in [0, 0.1) is 5.92 Å². The topological polar surface area (TPSA) is 143 Å². The minimum Gasteiger partial charge on any atom is -0.445 e. The third kappa shape index (κ3) is 10.2. The average Bonchev–Trinajstić information content (AvgIpc) is 3.48. The van der Waals surface area contributed by atoms with E-state index >= 15 is 0 Å². The number of alkyl carbamates (subject to hydrolysis) is 1. The molecule has 3 aromatic carbocycles. The normalized spacial score (nSPS) is 14.7. The first-order valence-corrected chi connectivity index (χ1v) is 16.2. The number of fused-ring (bicyclic) bond motifs is 1. The molecule has 0 spiro atoms. The van der Waals surface area contributed by atoms with Gasteiger partial charge < -0.3 is 25.5 Å². The molecule has 4 N–H and O–H groups in total. The Morgan fingerprint density at radius 2 is 1.64 bits per heavy atom. The summed E-state index contributed by atoms with van der Waals surface area (Å²) in [5.74, 6) is -1.28. The number of carbonyl (C=O) groups is 4. The Balaban J connectivity index is 1.55. The van der Waals surface area contributed by atoms with Crippen molar-refractivity contribution in [1.29, 1.82) is 0 Å². The summed E-state index contributed by atoms with van der Waals surface area (Å²) in [7, 11) is 0. The molecule has 0 saturated heterocycles. The molecule has 4 rings (SSSR count). The second kappa shape index (κ2) is 16.8. The van der Waals surface area contributed by atoms with Gasteiger partial charge in [-0.15, -0.1) is 0 Å². The summed E-state index contributed by atoms with van der Waals surface area (Å²) < 4.78 is 5.40. The molecule has 1 heterocycles. The molecule has 0 radical (unpaired) electrons. The quantitative estimate of drug-likeness (QED) is 0.148. The lowest BCUT2D eigenvalue weighted by Crippen LogP contribution is -2.48. The van der Waals surface area contributed by atoms with E-state index in [-0.39, 0.29) is 37.3 Å². The zero-order chi connectivity index (χ0) is 33.9. The molecule has 3 aromatic rings. The van der Waals surface area contributed by atoms with Gasteiger partial charge >= 0.3 is 12.1 Å². The highest BCUT2D eigenvalue weighted by molar-refractivity contribution is 7.81. The Hall–Kier alpha value is -4.55. The summed E-state index contributed by atoms with van der Waals surface area (Å²) in [5, 5.41) is 4.30. The summed E-state index contributed by atoms with van der Waals surface area (Å²) in [6.45, 7) is 5.90. The summed E-state index contributed by atoms with van der Waals surface area (Å²) in [6.07, 6.45) is 2.33. The average molecular weight is 662 g/mol. The van der Waals surface area contributed by atoms with Gasteiger partial charge in [0.1, 0.15) is 19.3 Å². The Kier molecular flexibility index (Phi) is 12.7. The van der Waals surface area contributed by atoms with Crippen molar-refractivity contribution in [2.75, 3.05) is 11.6 Å².